The summed E-state index contributed by atoms with van der Waals surface area (Å²) in [7, 11) is 0. The zero-order valence-corrected chi connectivity index (χ0v) is 38.6. The predicted molar refractivity (Wildman–Crippen MR) is 302 cm³/mol. The summed E-state index contributed by atoms with van der Waals surface area (Å²) in [6.07, 6.45) is -0.0562. The second kappa shape index (κ2) is 15.6. The Balaban J connectivity index is 0.988. The van der Waals surface area contributed by atoms with Crippen LogP contribution in [0.1, 0.15) is 11.7 Å². The van der Waals surface area contributed by atoms with E-state index in [2.05, 4.69) is 259 Å². The lowest BCUT2D eigenvalue weighted by Crippen LogP contribution is -2.23. The Hall–Kier alpha value is -9.31. The Kier molecular flexibility index (Phi) is 8.72. The first-order valence-corrected chi connectivity index (χ1v) is 24.6. The summed E-state index contributed by atoms with van der Waals surface area (Å²) in [5.41, 5.74) is 12.3. The molecule has 13 aromatic carbocycles. The fourth-order valence-electron chi connectivity index (χ4n) is 11.9. The Bertz CT molecular complexity index is 4430. The molecule has 1 N–H and O–H groups in total. The standard InChI is InChI=1S/C68H43N3/c1-3-17-42(18-4-1)68-70-65-39-44(33-36-66(65)71(68)46-19-5-2-6-20-46)59-40-63-60(43-31-34-56-51-25-9-7-21-47(51)49-23-11-13-27-53(49)61(56)37-43)41-64(69-67(63)58-30-16-15-29-55(58)59)45-32-35-57-52-26-10-8-22-48(52)50-24-12-14-28-54(50)62(57)38-45/h1-41,68,70H. The molecule has 3 nitrogen and oxygen atoms in total. The van der Waals surface area contributed by atoms with E-state index in [0.717, 1.165) is 61.3 Å². The van der Waals surface area contributed by atoms with Crippen molar-refractivity contribution in [2.45, 2.75) is 6.17 Å². The summed E-state index contributed by atoms with van der Waals surface area (Å²) in [4.78, 5) is 8.14. The molecule has 330 valence electrons. The molecule has 1 aliphatic rings. The Morgan fingerprint density at radius 3 is 1.31 bits per heavy atom. The number of para-hydroxylation sites is 1. The van der Waals surface area contributed by atoms with Gasteiger partial charge in [0.15, 0.2) is 0 Å². The van der Waals surface area contributed by atoms with E-state index < -0.39 is 0 Å². The zero-order chi connectivity index (χ0) is 46.6. The molecule has 2 heterocycles. The molecule has 0 amide bonds. The van der Waals surface area contributed by atoms with Gasteiger partial charge in [0.05, 0.1) is 22.6 Å². The van der Waals surface area contributed by atoms with Gasteiger partial charge in [0, 0.05) is 22.0 Å². The van der Waals surface area contributed by atoms with Crippen molar-refractivity contribution >= 4 is 103 Å². The summed E-state index contributed by atoms with van der Waals surface area (Å²) in [6, 6.07) is 91.4. The molecule has 1 aliphatic heterocycles. The summed E-state index contributed by atoms with van der Waals surface area (Å²) in [5, 5.41) is 22.5. The van der Waals surface area contributed by atoms with Gasteiger partial charge in [-0.2, -0.15) is 0 Å². The van der Waals surface area contributed by atoms with Crippen LogP contribution >= 0.6 is 0 Å². The maximum absolute atomic E-state index is 5.72. The third kappa shape index (κ3) is 6.13. The van der Waals surface area contributed by atoms with Crippen LogP contribution in [0.4, 0.5) is 17.1 Å². The molecule has 15 rings (SSSR count). The van der Waals surface area contributed by atoms with Gasteiger partial charge < -0.3 is 10.2 Å². The molecule has 3 heteroatoms. The number of benzene rings is 13. The van der Waals surface area contributed by atoms with E-state index in [9.17, 15) is 0 Å². The highest BCUT2D eigenvalue weighted by molar-refractivity contribution is 6.27. The van der Waals surface area contributed by atoms with Crippen molar-refractivity contribution in [2.24, 2.45) is 0 Å². The number of fused-ring (bicyclic) bond motifs is 16. The fraction of sp³-hybridized carbons (Fsp3) is 0.0147. The first-order valence-electron chi connectivity index (χ1n) is 24.6. The number of rotatable bonds is 5. The van der Waals surface area contributed by atoms with Gasteiger partial charge in [0.1, 0.15) is 6.17 Å². The van der Waals surface area contributed by atoms with Gasteiger partial charge in [-0.25, -0.2) is 4.98 Å². The SMILES string of the molecule is c1ccc(C2Nc3cc(-c4cc5c(-c6ccc7c8ccccc8c8ccccc8c7c6)cc(-c6ccc7c8ccccc8c8ccccc8c7c6)nc5c5ccccc45)ccc3N2c2ccccc2)cc1. The third-order valence-electron chi connectivity index (χ3n) is 15.2. The molecule has 71 heavy (non-hydrogen) atoms. The molecule has 0 bridgehead atoms. The van der Waals surface area contributed by atoms with Crippen molar-refractivity contribution in [1.82, 2.24) is 4.98 Å². The number of nitrogens with zero attached hydrogens (tertiary/aromatic N) is 2. The molecule has 0 saturated carbocycles. The second-order valence-electron chi connectivity index (χ2n) is 19.0. The summed E-state index contributed by atoms with van der Waals surface area (Å²) in [6.45, 7) is 0. The molecule has 0 fully saturated rings. The predicted octanol–water partition coefficient (Wildman–Crippen LogP) is 18.6. The van der Waals surface area contributed by atoms with Crippen LogP contribution in [0.5, 0.6) is 0 Å². The highest BCUT2D eigenvalue weighted by Gasteiger charge is 2.32. The average Bonchev–Trinajstić information content (AvgIpc) is 3.84. The van der Waals surface area contributed by atoms with E-state index in [1.165, 1.54) is 81.1 Å². The number of hydrogen-bond donors (Lipinski definition) is 1. The van der Waals surface area contributed by atoms with Crippen LogP contribution < -0.4 is 10.2 Å². The molecule has 0 aliphatic carbocycles. The van der Waals surface area contributed by atoms with Gasteiger partial charge in [-0.05, 0) is 146 Å². The van der Waals surface area contributed by atoms with E-state index >= 15 is 0 Å². The fourth-order valence-corrected chi connectivity index (χ4v) is 11.9. The molecule has 1 unspecified atom stereocenters. The van der Waals surface area contributed by atoms with Crippen LogP contribution in [-0.2, 0) is 0 Å². The Labute approximate surface area is 410 Å². The van der Waals surface area contributed by atoms with Gasteiger partial charge in [-0.1, -0.05) is 200 Å². The minimum Gasteiger partial charge on any atom is -0.359 e. The van der Waals surface area contributed by atoms with Crippen molar-refractivity contribution in [3.8, 4) is 33.5 Å². The van der Waals surface area contributed by atoms with Crippen molar-refractivity contribution < 1.29 is 0 Å². The number of pyridine rings is 1. The molecule has 0 spiro atoms. The molecular weight excluding hydrogens is 859 g/mol. The van der Waals surface area contributed by atoms with Crippen molar-refractivity contribution in [3.05, 3.63) is 254 Å². The number of nitrogens with one attached hydrogen (secondary N) is 1. The second-order valence-corrected chi connectivity index (χ2v) is 19.0. The zero-order valence-electron chi connectivity index (χ0n) is 38.6. The van der Waals surface area contributed by atoms with E-state index in [-0.39, 0.29) is 6.17 Å². The lowest BCUT2D eigenvalue weighted by atomic mass is 9.88. The van der Waals surface area contributed by atoms with Crippen LogP contribution in [0.3, 0.4) is 0 Å². The lowest BCUT2D eigenvalue weighted by Gasteiger charge is -2.27. The lowest BCUT2D eigenvalue weighted by molar-refractivity contribution is 0.828. The van der Waals surface area contributed by atoms with E-state index in [4.69, 9.17) is 4.98 Å². The van der Waals surface area contributed by atoms with E-state index in [1.807, 2.05) is 0 Å². The summed E-state index contributed by atoms with van der Waals surface area (Å²) in [5.74, 6) is 0. The maximum atomic E-state index is 5.72. The van der Waals surface area contributed by atoms with Gasteiger partial charge in [-0.3, -0.25) is 0 Å². The van der Waals surface area contributed by atoms with Crippen molar-refractivity contribution in [3.63, 3.8) is 0 Å². The third-order valence-corrected chi connectivity index (χ3v) is 15.2. The van der Waals surface area contributed by atoms with Crippen molar-refractivity contribution in [1.29, 1.82) is 0 Å². The normalized spacial score (nSPS) is 13.6. The van der Waals surface area contributed by atoms with Gasteiger partial charge >= 0.3 is 0 Å². The first kappa shape index (κ1) is 39.7. The van der Waals surface area contributed by atoms with Crippen LogP contribution in [0.2, 0.25) is 0 Å². The smallest absolute Gasteiger partial charge is 0.130 e. The largest absolute Gasteiger partial charge is 0.359 e. The highest BCUT2D eigenvalue weighted by atomic mass is 15.3. The Morgan fingerprint density at radius 2 is 0.732 bits per heavy atom. The van der Waals surface area contributed by atoms with Gasteiger partial charge in [0.25, 0.3) is 0 Å². The molecule has 0 radical (unpaired) electrons. The number of anilines is 3. The topological polar surface area (TPSA) is 28.2 Å². The summed E-state index contributed by atoms with van der Waals surface area (Å²) < 4.78 is 0. The minimum atomic E-state index is -0.0562. The van der Waals surface area contributed by atoms with E-state index in [1.54, 1.807) is 0 Å². The Morgan fingerprint density at radius 1 is 0.310 bits per heavy atom. The molecule has 1 atom stereocenters. The molecule has 1 aromatic heterocycles. The van der Waals surface area contributed by atoms with Gasteiger partial charge in [0.2, 0.25) is 0 Å². The number of hydrogen-bond acceptors (Lipinski definition) is 3. The molecule has 0 saturated heterocycles. The van der Waals surface area contributed by atoms with Crippen molar-refractivity contribution in [2.75, 3.05) is 10.2 Å². The average molecular weight is 902 g/mol. The monoisotopic (exact) mass is 901 g/mol. The van der Waals surface area contributed by atoms with Crippen LogP contribution in [0.15, 0.2) is 249 Å². The quantitative estimate of drug-likeness (QED) is 0.174. The summed E-state index contributed by atoms with van der Waals surface area (Å²) >= 11 is 0. The van der Waals surface area contributed by atoms with E-state index in [0.29, 0.717) is 0 Å². The maximum Gasteiger partial charge on any atom is 0.130 e. The van der Waals surface area contributed by atoms with Gasteiger partial charge in [-0.15, -0.1) is 0 Å². The van der Waals surface area contributed by atoms with Crippen LogP contribution in [-0.4, -0.2) is 4.98 Å². The molecule has 14 aromatic rings. The first-order chi connectivity index (χ1) is 35.2. The van der Waals surface area contributed by atoms with Crippen LogP contribution in [0.25, 0.3) is 120 Å². The highest BCUT2D eigenvalue weighted by Crippen LogP contribution is 2.49. The molecular formula is C68H43N3. The van der Waals surface area contributed by atoms with Crippen LogP contribution in [0, 0.1) is 0 Å². The number of aromatic nitrogens is 1. The minimum absolute atomic E-state index is 0.0562.